The van der Waals surface area contributed by atoms with Crippen molar-refractivity contribution >= 4 is 5.91 Å². The fourth-order valence-electron chi connectivity index (χ4n) is 1.35. The van der Waals surface area contributed by atoms with Crippen LogP contribution < -0.4 is 5.32 Å². The van der Waals surface area contributed by atoms with E-state index >= 15 is 0 Å². The molecule has 0 saturated heterocycles. The second-order valence-corrected chi connectivity index (χ2v) is 5.75. The molecule has 0 aliphatic carbocycles. The lowest BCUT2D eigenvalue weighted by molar-refractivity contribution is -0.122. The van der Waals surface area contributed by atoms with Gasteiger partial charge in [0.15, 0.2) is 0 Å². The second kappa shape index (κ2) is 9.34. The molecule has 0 aromatic rings. The minimum absolute atomic E-state index is 0.0565. The molecule has 0 heterocycles. The molecule has 0 unspecified atom stereocenters. The Morgan fingerprint density at radius 2 is 1.72 bits per heavy atom. The topological polar surface area (TPSA) is 47.6 Å². The van der Waals surface area contributed by atoms with E-state index in [1.807, 2.05) is 13.8 Å². The third kappa shape index (κ3) is 13.5. The SMILES string of the molecule is CC(C)NC(=O)CCOCCCCOC(C)(C)C. The van der Waals surface area contributed by atoms with Crippen LogP contribution in [0, 0.1) is 0 Å². The Bertz CT molecular complexity index is 222. The second-order valence-electron chi connectivity index (χ2n) is 5.75. The number of unbranched alkanes of at least 4 members (excludes halogenated alkanes) is 1. The van der Waals surface area contributed by atoms with Crippen molar-refractivity contribution in [3.05, 3.63) is 0 Å². The predicted octanol–water partition coefficient (Wildman–Crippen LogP) is 2.51. The van der Waals surface area contributed by atoms with Crippen LogP contribution in [-0.2, 0) is 14.3 Å². The summed E-state index contributed by atoms with van der Waals surface area (Å²) >= 11 is 0. The molecule has 1 N–H and O–H groups in total. The first-order chi connectivity index (χ1) is 8.31. The molecule has 0 rings (SSSR count). The van der Waals surface area contributed by atoms with E-state index < -0.39 is 0 Å². The van der Waals surface area contributed by atoms with Gasteiger partial charge in [-0.2, -0.15) is 0 Å². The van der Waals surface area contributed by atoms with Crippen LogP contribution in [0.4, 0.5) is 0 Å². The van der Waals surface area contributed by atoms with Crippen molar-refractivity contribution in [3.63, 3.8) is 0 Å². The fourth-order valence-corrected chi connectivity index (χ4v) is 1.35. The van der Waals surface area contributed by atoms with Gasteiger partial charge in [-0.3, -0.25) is 4.79 Å². The predicted molar refractivity (Wildman–Crippen MR) is 73.7 cm³/mol. The first-order valence-electron chi connectivity index (χ1n) is 6.82. The van der Waals surface area contributed by atoms with E-state index in [0.717, 1.165) is 19.4 Å². The van der Waals surface area contributed by atoms with Crippen LogP contribution in [0.1, 0.15) is 53.9 Å². The van der Waals surface area contributed by atoms with E-state index in [1.54, 1.807) is 0 Å². The molecule has 0 aromatic heterocycles. The molecule has 0 aliphatic heterocycles. The van der Waals surface area contributed by atoms with Gasteiger partial charge in [0, 0.05) is 25.7 Å². The van der Waals surface area contributed by atoms with E-state index in [2.05, 4.69) is 26.1 Å². The zero-order valence-corrected chi connectivity index (χ0v) is 12.5. The number of ether oxygens (including phenoxy) is 2. The van der Waals surface area contributed by atoms with Crippen molar-refractivity contribution in [2.24, 2.45) is 0 Å². The first kappa shape index (κ1) is 17.4. The number of hydrogen-bond donors (Lipinski definition) is 1. The largest absolute Gasteiger partial charge is 0.381 e. The summed E-state index contributed by atoms with van der Waals surface area (Å²) < 4.78 is 11.0. The minimum Gasteiger partial charge on any atom is -0.381 e. The molecule has 0 aliphatic rings. The van der Waals surface area contributed by atoms with Gasteiger partial charge >= 0.3 is 0 Å². The summed E-state index contributed by atoms with van der Waals surface area (Å²) in [5.41, 5.74) is -0.0597. The smallest absolute Gasteiger partial charge is 0.222 e. The molecule has 0 radical (unpaired) electrons. The summed E-state index contributed by atoms with van der Waals surface area (Å²) in [6.07, 6.45) is 2.41. The van der Waals surface area contributed by atoms with Crippen molar-refractivity contribution in [2.45, 2.75) is 65.5 Å². The summed E-state index contributed by atoms with van der Waals surface area (Å²) in [4.78, 5) is 11.3. The third-order valence-corrected chi connectivity index (χ3v) is 2.14. The van der Waals surface area contributed by atoms with Crippen molar-refractivity contribution in [3.8, 4) is 0 Å². The number of amides is 1. The van der Waals surface area contributed by atoms with Gasteiger partial charge in [0.25, 0.3) is 0 Å². The van der Waals surface area contributed by atoms with Gasteiger partial charge in [-0.15, -0.1) is 0 Å². The molecule has 0 spiro atoms. The number of carbonyl (C=O) groups excluding carboxylic acids is 1. The van der Waals surface area contributed by atoms with Crippen LogP contribution in [0.25, 0.3) is 0 Å². The van der Waals surface area contributed by atoms with Crippen LogP contribution in [0.5, 0.6) is 0 Å². The Balaban J connectivity index is 3.24. The maximum atomic E-state index is 11.3. The van der Waals surface area contributed by atoms with Gasteiger partial charge in [-0.1, -0.05) is 0 Å². The minimum atomic E-state index is -0.0597. The van der Waals surface area contributed by atoms with E-state index in [0.29, 0.717) is 19.6 Å². The highest BCUT2D eigenvalue weighted by Crippen LogP contribution is 2.07. The molecule has 4 nitrogen and oxygen atoms in total. The lowest BCUT2D eigenvalue weighted by Gasteiger charge is -2.19. The summed E-state index contributed by atoms with van der Waals surface area (Å²) in [5, 5.41) is 2.83. The molecule has 4 heteroatoms. The number of hydrogen-bond acceptors (Lipinski definition) is 3. The molecule has 18 heavy (non-hydrogen) atoms. The Morgan fingerprint density at radius 1 is 1.11 bits per heavy atom. The van der Waals surface area contributed by atoms with E-state index in [9.17, 15) is 4.79 Å². The molecular weight excluding hydrogens is 230 g/mol. The average molecular weight is 259 g/mol. The molecule has 0 saturated carbocycles. The van der Waals surface area contributed by atoms with Crippen LogP contribution in [0.2, 0.25) is 0 Å². The Hall–Kier alpha value is -0.610. The van der Waals surface area contributed by atoms with Crippen molar-refractivity contribution in [1.29, 1.82) is 0 Å². The highest BCUT2D eigenvalue weighted by atomic mass is 16.5. The van der Waals surface area contributed by atoms with Gasteiger partial charge in [0.2, 0.25) is 5.91 Å². The summed E-state index contributed by atoms with van der Waals surface area (Å²) in [6, 6.07) is 0.201. The van der Waals surface area contributed by atoms with Crippen molar-refractivity contribution in [1.82, 2.24) is 5.32 Å². The van der Waals surface area contributed by atoms with Crippen LogP contribution in [0.15, 0.2) is 0 Å². The molecule has 0 fully saturated rings. The van der Waals surface area contributed by atoms with E-state index in [-0.39, 0.29) is 17.6 Å². The molecular formula is C14H29NO3. The zero-order chi connectivity index (χ0) is 14.0. The van der Waals surface area contributed by atoms with E-state index in [4.69, 9.17) is 9.47 Å². The maximum Gasteiger partial charge on any atom is 0.222 e. The normalized spacial score (nSPS) is 11.9. The van der Waals surface area contributed by atoms with Gasteiger partial charge in [-0.25, -0.2) is 0 Å². The molecule has 108 valence electrons. The third-order valence-electron chi connectivity index (χ3n) is 2.14. The van der Waals surface area contributed by atoms with Gasteiger partial charge in [0.1, 0.15) is 0 Å². The highest BCUT2D eigenvalue weighted by molar-refractivity contribution is 5.76. The lowest BCUT2D eigenvalue weighted by atomic mass is 10.2. The van der Waals surface area contributed by atoms with Gasteiger partial charge in [-0.05, 0) is 47.5 Å². The fraction of sp³-hybridized carbons (Fsp3) is 0.929. The molecule has 0 bridgehead atoms. The molecule has 0 aromatic carbocycles. The van der Waals surface area contributed by atoms with Gasteiger partial charge < -0.3 is 14.8 Å². The maximum absolute atomic E-state index is 11.3. The first-order valence-corrected chi connectivity index (χ1v) is 6.82. The Kier molecular flexibility index (Phi) is 9.02. The molecule has 1 amide bonds. The number of rotatable bonds is 9. The van der Waals surface area contributed by atoms with Crippen LogP contribution in [-0.4, -0.2) is 37.4 Å². The standard InChI is InChI=1S/C14H29NO3/c1-12(2)15-13(16)8-11-17-9-6-7-10-18-14(3,4)5/h12H,6-11H2,1-5H3,(H,15,16). The number of nitrogens with one attached hydrogen (secondary N) is 1. The van der Waals surface area contributed by atoms with Crippen molar-refractivity contribution < 1.29 is 14.3 Å². The summed E-state index contributed by atoms with van der Waals surface area (Å²) in [5.74, 6) is 0.0565. The van der Waals surface area contributed by atoms with Gasteiger partial charge in [0.05, 0.1) is 12.2 Å². The van der Waals surface area contributed by atoms with Crippen LogP contribution in [0.3, 0.4) is 0 Å². The lowest BCUT2D eigenvalue weighted by Crippen LogP contribution is -2.30. The Morgan fingerprint density at radius 3 is 2.28 bits per heavy atom. The van der Waals surface area contributed by atoms with Crippen LogP contribution >= 0.6 is 0 Å². The molecule has 0 atom stereocenters. The van der Waals surface area contributed by atoms with E-state index in [1.165, 1.54) is 0 Å². The quantitative estimate of drug-likeness (QED) is 0.647. The summed E-state index contributed by atoms with van der Waals surface area (Å²) in [6.45, 7) is 12.0. The summed E-state index contributed by atoms with van der Waals surface area (Å²) in [7, 11) is 0. The number of carbonyl (C=O) groups is 1. The average Bonchev–Trinajstić information content (AvgIpc) is 2.19. The Labute approximate surface area is 111 Å². The van der Waals surface area contributed by atoms with Crippen molar-refractivity contribution in [2.75, 3.05) is 19.8 Å². The monoisotopic (exact) mass is 259 g/mol. The highest BCUT2D eigenvalue weighted by Gasteiger charge is 2.08. The zero-order valence-electron chi connectivity index (χ0n) is 12.5.